The van der Waals surface area contributed by atoms with Gasteiger partial charge in [0.2, 0.25) is 11.8 Å². The zero-order chi connectivity index (χ0) is 18.4. The highest BCUT2D eigenvalue weighted by molar-refractivity contribution is 6.32. The number of likely N-dealkylation sites (tertiary alicyclic amines) is 1. The molecule has 2 amide bonds. The summed E-state index contributed by atoms with van der Waals surface area (Å²) < 4.78 is 5.75. The van der Waals surface area contributed by atoms with E-state index >= 15 is 0 Å². The van der Waals surface area contributed by atoms with Crippen molar-refractivity contribution < 1.29 is 19.4 Å². The molecule has 1 aliphatic rings. The molecule has 0 bridgehead atoms. The predicted octanol–water partition coefficient (Wildman–Crippen LogP) is 1.91. The third-order valence-corrected chi connectivity index (χ3v) is 4.65. The van der Waals surface area contributed by atoms with Crippen molar-refractivity contribution in [1.82, 2.24) is 10.2 Å². The van der Waals surface area contributed by atoms with Crippen LogP contribution in [-0.4, -0.2) is 53.7 Å². The molecule has 0 aliphatic carbocycles. The Morgan fingerprint density at radius 1 is 1.36 bits per heavy atom. The Labute approximate surface area is 153 Å². The molecular weight excluding hydrogens is 344 g/mol. The molecule has 1 fully saturated rings. The van der Waals surface area contributed by atoms with E-state index in [9.17, 15) is 14.7 Å². The van der Waals surface area contributed by atoms with E-state index in [-0.39, 0.29) is 25.0 Å². The fraction of sp³-hybridized carbons (Fsp3) is 0.556. The van der Waals surface area contributed by atoms with Crippen LogP contribution >= 0.6 is 11.6 Å². The molecule has 25 heavy (non-hydrogen) atoms. The summed E-state index contributed by atoms with van der Waals surface area (Å²) in [5.74, 6) is 0.183. The number of halogens is 1. The Bertz CT molecular complexity index is 638. The highest BCUT2D eigenvalue weighted by Crippen LogP contribution is 2.28. The zero-order valence-electron chi connectivity index (χ0n) is 14.7. The molecule has 6 nitrogen and oxygen atoms in total. The van der Waals surface area contributed by atoms with E-state index in [0.717, 1.165) is 5.56 Å². The van der Waals surface area contributed by atoms with Gasteiger partial charge in [-0.3, -0.25) is 9.59 Å². The van der Waals surface area contributed by atoms with Crippen LogP contribution < -0.4 is 10.1 Å². The molecule has 1 atom stereocenters. The van der Waals surface area contributed by atoms with Crippen LogP contribution in [0.4, 0.5) is 0 Å². The number of hydrogen-bond acceptors (Lipinski definition) is 4. The molecule has 0 aromatic heterocycles. The van der Waals surface area contributed by atoms with Gasteiger partial charge >= 0.3 is 0 Å². The Balaban J connectivity index is 1.90. The van der Waals surface area contributed by atoms with Crippen molar-refractivity contribution in [3.05, 3.63) is 28.8 Å². The summed E-state index contributed by atoms with van der Waals surface area (Å²) in [7, 11) is 0. The lowest BCUT2D eigenvalue weighted by atomic mass is 9.96. The van der Waals surface area contributed by atoms with Gasteiger partial charge in [0, 0.05) is 20.0 Å². The van der Waals surface area contributed by atoms with Gasteiger partial charge in [0.15, 0.2) is 0 Å². The smallest absolute Gasteiger partial charge is 0.241 e. The van der Waals surface area contributed by atoms with Gasteiger partial charge in [-0.15, -0.1) is 0 Å². The molecule has 1 aromatic carbocycles. The first-order chi connectivity index (χ1) is 11.8. The van der Waals surface area contributed by atoms with Gasteiger partial charge in [-0.1, -0.05) is 17.7 Å². The summed E-state index contributed by atoms with van der Waals surface area (Å²) >= 11 is 6.12. The number of aryl methyl sites for hydroxylation is 1. The number of amides is 2. The normalized spacial score (nSPS) is 20.7. The summed E-state index contributed by atoms with van der Waals surface area (Å²) in [5, 5.41) is 13.8. The van der Waals surface area contributed by atoms with Crippen LogP contribution in [-0.2, 0) is 9.59 Å². The van der Waals surface area contributed by atoms with Gasteiger partial charge < -0.3 is 20.1 Å². The van der Waals surface area contributed by atoms with Crippen molar-refractivity contribution in [3.8, 4) is 5.75 Å². The quantitative estimate of drug-likeness (QED) is 0.832. The van der Waals surface area contributed by atoms with Crippen molar-refractivity contribution >= 4 is 23.4 Å². The maximum atomic E-state index is 12.1. The van der Waals surface area contributed by atoms with Crippen LogP contribution in [0.5, 0.6) is 5.75 Å². The molecule has 2 rings (SSSR count). The zero-order valence-corrected chi connectivity index (χ0v) is 15.4. The summed E-state index contributed by atoms with van der Waals surface area (Å²) in [6.07, 6.45) is 1.63. The molecule has 0 spiro atoms. The third-order valence-electron chi connectivity index (χ3n) is 4.34. The lowest BCUT2D eigenvalue weighted by Crippen LogP contribution is -2.41. The number of hydrogen-bond donors (Lipinski definition) is 2. The second kappa shape index (κ2) is 8.54. The van der Waals surface area contributed by atoms with Crippen LogP contribution in [0.2, 0.25) is 5.02 Å². The number of carbonyl (C=O) groups is 2. The van der Waals surface area contributed by atoms with E-state index in [2.05, 4.69) is 5.32 Å². The molecule has 1 saturated heterocycles. The van der Waals surface area contributed by atoms with Crippen molar-refractivity contribution in [2.45, 2.75) is 38.7 Å². The molecule has 1 heterocycles. The van der Waals surface area contributed by atoms with E-state index in [1.54, 1.807) is 11.0 Å². The summed E-state index contributed by atoms with van der Waals surface area (Å²) in [6.45, 7) is 4.43. The number of carbonyl (C=O) groups excluding carboxylic acids is 2. The fourth-order valence-corrected chi connectivity index (χ4v) is 2.99. The number of aliphatic hydroxyl groups is 1. The van der Waals surface area contributed by atoms with Crippen molar-refractivity contribution in [3.63, 3.8) is 0 Å². The van der Waals surface area contributed by atoms with Gasteiger partial charge in [-0.25, -0.2) is 0 Å². The number of rotatable bonds is 5. The molecule has 0 saturated carbocycles. The SMILES string of the molecule is CC(=O)NCC(=O)N1CCCC(O)(COc2cc(C)ccc2Cl)CC1. The molecule has 0 radical (unpaired) electrons. The maximum absolute atomic E-state index is 12.1. The first-order valence-electron chi connectivity index (χ1n) is 8.43. The second-order valence-electron chi connectivity index (χ2n) is 6.59. The topological polar surface area (TPSA) is 78.9 Å². The average Bonchev–Trinajstić information content (AvgIpc) is 2.76. The monoisotopic (exact) mass is 368 g/mol. The van der Waals surface area contributed by atoms with Gasteiger partial charge in [0.1, 0.15) is 18.0 Å². The number of nitrogens with one attached hydrogen (secondary N) is 1. The van der Waals surface area contributed by atoms with Crippen LogP contribution in [0.25, 0.3) is 0 Å². The summed E-state index contributed by atoms with van der Waals surface area (Å²) in [6, 6.07) is 5.51. The molecule has 1 aliphatic heterocycles. The van der Waals surface area contributed by atoms with Crippen molar-refractivity contribution in [2.24, 2.45) is 0 Å². The van der Waals surface area contributed by atoms with Crippen LogP contribution in [0.1, 0.15) is 31.7 Å². The largest absolute Gasteiger partial charge is 0.489 e. The van der Waals surface area contributed by atoms with E-state index in [4.69, 9.17) is 16.3 Å². The van der Waals surface area contributed by atoms with Crippen LogP contribution in [0.15, 0.2) is 18.2 Å². The maximum Gasteiger partial charge on any atom is 0.241 e. The van der Waals surface area contributed by atoms with E-state index in [1.807, 2.05) is 19.1 Å². The molecule has 1 aromatic rings. The minimum absolute atomic E-state index is 0.0108. The second-order valence-corrected chi connectivity index (χ2v) is 7.00. The average molecular weight is 369 g/mol. The summed E-state index contributed by atoms with van der Waals surface area (Å²) in [5.41, 5.74) is 0.0258. The molecule has 7 heteroatoms. The minimum Gasteiger partial charge on any atom is -0.489 e. The van der Waals surface area contributed by atoms with Crippen molar-refractivity contribution in [2.75, 3.05) is 26.2 Å². The molecule has 1 unspecified atom stereocenters. The number of nitrogens with zero attached hydrogens (tertiary/aromatic N) is 1. The highest BCUT2D eigenvalue weighted by Gasteiger charge is 2.32. The predicted molar refractivity (Wildman–Crippen MR) is 95.7 cm³/mol. The first kappa shape index (κ1) is 19.5. The third kappa shape index (κ3) is 5.90. The molecule has 2 N–H and O–H groups in total. The minimum atomic E-state index is -1.00. The highest BCUT2D eigenvalue weighted by atomic mass is 35.5. The van der Waals surface area contributed by atoms with Gasteiger partial charge in [-0.2, -0.15) is 0 Å². The first-order valence-corrected chi connectivity index (χ1v) is 8.80. The van der Waals surface area contributed by atoms with Crippen LogP contribution in [0, 0.1) is 6.92 Å². The van der Waals surface area contributed by atoms with E-state index in [1.165, 1.54) is 6.92 Å². The lowest BCUT2D eigenvalue weighted by Gasteiger charge is -2.27. The fourth-order valence-electron chi connectivity index (χ4n) is 2.82. The van der Waals surface area contributed by atoms with E-state index < -0.39 is 5.60 Å². The standard InChI is InChI=1S/C18H25ClN2O4/c1-13-4-5-15(19)16(10-13)25-12-18(24)6-3-8-21(9-7-18)17(23)11-20-14(2)22/h4-5,10,24H,3,6-9,11-12H2,1-2H3,(H,20,22). The number of benzene rings is 1. The number of ether oxygens (including phenoxy) is 1. The van der Waals surface area contributed by atoms with E-state index in [0.29, 0.717) is 43.1 Å². The van der Waals surface area contributed by atoms with Gasteiger partial charge in [0.25, 0.3) is 0 Å². The van der Waals surface area contributed by atoms with Crippen molar-refractivity contribution in [1.29, 1.82) is 0 Å². The molecular formula is C18H25ClN2O4. The Morgan fingerprint density at radius 3 is 2.84 bits per heavy atom. The van der Waals surface area contributed by atoms with Crippen LogP contribution in [0.3, 0.4) is 0 Å². The Kier molecular flexibility index (Phi) is 6.67. The Hall–Kier alpha value is -1.79. The van der Waals surface area contributed by atoms with Gasteiger partial charge in [0.05, 0.1) is 11.6 Å². The molecule has 138 valence electrons. The summed E-state index contributed by atoms with van der Waals surface area (Å²) in [4.78, 5) is 24.7. The Morgan fingerprint density at radius 2 is 2.12 bits per heavy atom. The van der Waals surface area contributed by atoms with Gasteiger partial charge in [-0.05, 0) is 43.9 Å². The lowest BCUT2D eigenvalue weighted by molar-refractivity contribution is -0.132.